The van der Waals surface area contributed by atoms with Gasteiger partial charge in [-0.2, -0.15) is 0 Å². The minimum Gasteiger partial charge on any atom is -0.380 e. The fourth-order valence-corrected chi connectivity index (χ4v) is 4.08. The molecule has 0 amide bonds. The van der Waals surface area contributed by atoms with Crippen molar-refractivity contribution < 1.29 is 0 Å². The predicted octanol–water partition coefficient (Wildman–Crippen LogP) is 3.53. The Labute approximate surface area is 173 Å². The fraction of sp³-hybridized carbons (Fsp3) is 0.217. The van der Waals surface area contributed by atoms with Gasteiger partial charge in [-0.3, -0.25) is 9.78 Å². The van der Waals surface area contributed by atoms with Gasteiger partial charge < -0.3 is 15.2 Å². The van der Waals surface area contributed by atoms with Gasteiger partial charge in [-0.15, -0.1) is 0 Å². The average molecular weight is 398 g/mol. The van der Waals surface area contributed by atoms with Crippen molar-refractivity contribution in [2.75, 3.05) is 10.6 Å². The molecule has 0 radical (unpaired) electrons. The molecule has 3 aromatic heterocycles. The molecule has 0 saturated heterocycles. The highest BCUT2D eigenvalue weighted by Crippen LogP contribution is 2.25. The Hall–Kier alpha value is -3.74. The van der Waals surface area contributed by atoms with Gasteiger partial charge in [-0.05, 0) is 37.0 Å². The molecule has 0 aliphatic heterocycles. The summed E-state index contributed by atoms with van der Waals surface area (Å²) < 4.78 is 1.96. The highest BCUT2D eigenvalue weighted by atomic mass is 16.1. The summed E-state index contributed by atoms with van der Waals surface area (Å²) in [7, 11) is 0. The van der Waals surface area contributed by atoms with Gasteiger partial charge in [-0.25, -0.2) is 9.97 Å². The van der Waals surface area contributed by atoms with Gasteiger partial charge in [0.1, 0.15) is 17.2 Å². The van der Waals surface area contributed by atoms with Gasteiger partial charge in [0.05, 0.1) is 23.5 Å². The summed E-state index contributed by atoms with van der Waals surface area (Å²) in [6, 6.07) is 10.7. The Kier molecular flexibility index (Phi) is 4.63. The first-order chi connectivity index (χ1) is 14.7. The molecule has 0 spiro atoms. The highest BCUT2D eigenvalue weighted by Gasteiger charge is 2.21. The molecule has 2 N–H and O–H groups in total. The third-order valence-corrected chi connectivity index (χ3v) is 5.50. The number of anilines is 3. The number of aryl methyl sites for hydroxylation is 1. The number of fused-ring (bicyclic) bond motifs is 2. The Morgan fingerprint density at radius 3 is 2.60 bits per heavy atom. The summed E-state index contributed by atoms with van der Waals surface area (Å²) in [5.41, 5.74) is 4.65. The number of nitrogens with zero attached hydrogens (tertiary/aromatic N) is 4. The standard InChI is InChI=1S/C23H22N6O/c1-2-29-14-20(28-21-13-24-7-8-25-21)22(30)19-11-18(12-26-23(19)29)27-17-9-15-5-3-4-6-16(15)10-17/h3-8,11-14,17,27H,2,9-10H2,1H3,(H,25,28). The van der Waals surface area contributed by atoms with E-state index in [1.165, 1.54) is 11.1 Å². The van der Waals surface area contributed by atoms with E-state index in [9.17, 15) is 4.79 Å². The monoisotopic (exact) mass is 398 g/mol. The summed E-state index contributed by atoms with van der Waals surface area (Å²) in [6.07, 6.45) is 10.3. The second kappa shape index (κ2) is 7.59. The lowest BCUT2D eigenvalue weighted by molar-refractivity contribution is 0.769. The van der Waals surface area contributed by atoms with Crippen molar-refractivity contribution >= 4 is 28.2 Å². The number of hydrogen-bond donors (Lipinski definition) is 2. The van der Waals surface area contributed by atoms with Crippen molar-refractivity contribution in [2.24, 2.45) is 0 Å². The van der Waals surface area contributed by atoms with E-state index in [1.54, 1.807) is 24.8 Å². The molecule has 30 heavy (non-hydrogen) atoms. The van der Waals surface area contributed by atoms with E-state index in [1.807, 2.05) is 23.8 Å². The van der Waals surface area contributed by atoms with Gasteiger partial charge in [0.2, 0.25) is 5.43 Å². The molecule has 7 heteroatoms. The van der Waals surface area contributed by atoms with E-state index in [4.69, 9.17) is 0 Å². The predicted molar refractivity (Wildman–Crippen MR) is 118 cm³/mol. The third kappa shape index (κ3) is 3.39. The van der Waals surface area contributed by atoms with E-state index in [-0.39, 0.29) is 5.43 Å². The van der Waals surface area contributed by atoms with Gasteiger partial charge in [0.15, 0.2) is 0 Å². The minimum absolute atomic E-state index is 0.105. The van der Waals surface area contributed by atoms with E-state index in [2.05, 4.69) is 49.9 Å². The number of aromatic nitrogens is 4. The smallest absolute Gasteiger partial charge is 0.214 e. The molecule has 4 aromatic rings. The maximum absolute atomic E-state index is 13.2. The van der Waals surface area contributed by atoms with E-state index >= 15 is 0 Å². The molecule has 3 heterocycles. The summed E-state index contributed by atoms with van der Waals surface area (Å²) >= 11 is 0. The van der Waals surface area contributed by atoms with Crippen LogP contribution in [0.15, 0.2) is 66.1 Å². The molecular weight excluding hydrogens is 376 g/mol. The largest absolute Gasteiger partial charge is 0.380 e. The first-order valence-corrected chi connectivity index (χ1v) is 10.1. The molecule has 0 atom stereocenters. The molecule has 0 saturated carbocycles. The second-order valence-corrected chi connectivity index (χ2v) is 7.49. The quantitative estimate of drug-likeness (QED) is 0.535. The van der Waals surface area contributed by atoms with Crippen molar-refractivity contribution in [1.82, 2.24) is 19.5 Å². The lowest BCUT2D eigenvalue weighted by Crippen LogP contribution is -2.20. The van der Waals surface area contributed by atoms with Crippen molar-refractivity contribution in [3.63, 3.8) is 0 Å². The molecule has 0 fully saturated rings. The van der Waals surface area contributed by atoms with Crippen molar-refractivity contribution in [2.45, 2.75) is 32.4 Å². The summed E-state index contributed by atoms with van der Waals surface area (Å²) in [5, 5.41) is 7.22. The Bertz CT molecular complexity index is 1240. The maximum atomic E-state index is 13.2. The number of nitrogens with one attached hydrogen (secondary N) is 2. The lowest BCUT2D eigenvalue weighted by Gasteiger charge is -2.16. The average Bonchev–Trinajstić information content (AvgIpc) is 3.19. The molecular formula is C23H22N6O. The normalized spacial score (nSPS) is 13.4. The summed E-state index contributed by atoms with van der Waals surface area (Å²) in [5.74, 6) is 0.530. The zero-order valence-electron chi connectivity index (χ0n) is 16.7. The van der Waals surface area contributed by atoms with Crippen LogP contribution in [0.25, 0.3) is 11.0 Å². The highest BCUT2D eigenvalue weighted by molar-refractivity contribution is 5.82. The Balaban J connectivity index is 1.48. The van der Waals surface area contributed by atoms with E-state index < -0.39 is 0 Å². The van der Waals surface area contributed by atoms with E-state index in [0.29, 0.717) is 35.1 Å². The SMILES string of the molecule is CCn1cc(Nc2cnccn2)c(=O)c2cc(NC3Cc4ccccc4C3)cnc21. The Morgan fingerprint density at radius 2 is 1.90 bits per heavy atom. The van der Waals surface area contributed by atoms with Crippen LogP contribution in [-0.4, -0.2) is 25.6 Å². The molecule has 150 valence electrons. The van der Waals surface area contributed by atoms with Crippen LogP contribution >= 0.6 is 0 Å². The molecule has 1 aromatic carbocycles. The maximum Gasteiger partial charge on any atom is 0.214 e. The third-order valence-electron chi connectivity index (χ3n) is 5.50. The second-order valence-electron chi connectivity index (χ2n) is 7.49. The number of benzene rings is 1. The van der Waals surface area contributed by atoms with Gasteiger partial charge >= 0.3 is 0 Å². The van der Waals surface area contributed by atoms with E-state index in [0.717, 1.165) is 18.5 Å². The van der Waals surface area contributed by atoms with Crippen LogP contribution < -0.4 is 16.1 Å². The van der Waals surface area contributed by atoms with Crippen LogP contribution in [0.5, 0.6) is 0 Å². The van der Waals surface area contributed by atoms with Crippen LogP contribution in [0.3, 0.4) is 0 Å². The van der Waals surface area contributed by atoms with Crippen molar-refractivity contribution in [3.05, 3.63) is 82.7 Å². The first kappa shape index (κ1) is 18.3. The zero-order chi connectivity index (χ0) is 20.5. The molecule has 5 rings (SSSR count). The zero-order valence-corrected chi connectivity index (χ0v) is 16.7. The van der Waals surface area contributed by atoms with Crippen molar-refractivity contribution in [3.8, 4) is 0 Å². The molecule has 7 nitrogen and oxygen atoms in total. The topological polar surface area (TPSA) is 84.7 Å². The first-order valence-electron chi connectivity index (χ1n) is 10.1. The molecule has 0 bridgehead atoms. The molecule has 1 aliphatic rings. The van der Waals surface area contributed by atoms with Crippen LogP contribution in [0.2, 0.25) is 0 Å². The number of rotatable bonds is 5. The van der Waals surface area contributed by atoms with Crippen LogP contribution in [-0.2, 0) is 19.4 Å². The Morgan fingerprint density at radius 1 is 1.10 bits per heavy atom. The van der Waals surface area contributed by atoms with Gasteiger partial charge in [-0.1, -0.05) is 24.3 Å². The van der Waals surface area contributed by atoms with Crippen LogP contribution in [0.1, 0.15) is 18.1 Å². The summed E-state index contributed by atoms with van der Waals surface area (Å²) in [6.45, 7) is 2.73. The molecule has 0 unspecified atom stereocenters. The molecule has 1 aliphatic carbocycles. The van der Waals surface area contributed by atoms with Gasteiger partial charge in [0.25, 0.3) is 0 Å². The van der Waals surface area contributed by atoms with Gasteiger partial charge in [0, 0.05) is 31.2 Å². The number of pyridine rings is 2. The lowest BCUT2D eigenvalue weighted by atomic mass is 10.1. The van der Waals surface area contributed by atoms with Crippen LogP contribution in [0, 0.1) is 0 Å². The summed E-state index contributed by atoms with van der Waals surface area (Å²) in [4.78, 5) is 26.0. The number of hydrogen-bond acceptors (Lipinski definition) is 6. The van der Waals surface area contributed by atoms with Crippen molar-refractivity contribution in [1.29, 1.82) is 0 Å². The van der Waals surface area contributed by atoms with Crippen LogP contribution in [0.4, 0.5) is 17.2 Å². The fourth-order valence-electron chi connectivity index (χ4n) is 4.08. The minimum atomic E-state index is -0.105.